The van der Waals surface area contributed by atoms with Gasteiger partial charge in [-0.05, 0) is 32.1 Å². The van der Waals surface area contributed by atoms with Gasteiger partial charge in [0.25, 0.3) is 0 Å². The Balaban J connectivity index is 0.000000411. The van der Waals surface area contributed by atoms with Crippen molar-refractivity contribution in [2.75, 3.05) is 0 Å². The summed E-state index contributed by atoms with van der Waals surface area (Å²) in [5.74, 6) is -2.96. The van der Waals surface area contributed by atoms with Gasteiger partial charge < -0.3 is 10.2 Å². The molecule has 1 aliphatic carbocycles. The van der Waals surface area contributed by atoms with E-state index >= 15 is 0 Å². The standard InChI is InChI=1S/C8H10O4.C6H10/c9-7(10)5-3-1-2-4-6(5)8(11)12;1-3-5-6-4-2/h3,6H,1-2,4H2,(H,9,10)(H,11,12);3-4H,1-2,5-6H2. The molecule has 0 aromatic carbocycles. The third-order valence-corrected chi connectivity index (χ3v) is 2.56. The summed E-state index contributed by atoms with van der Waals surface area (Å²) in [5, 5.41) is 17.3. The van der Waals surface area contributed by atoms with Crippen LogP contribution in [0.4, 0.5) is 0 Å². The van der Waals surface area contributed by atoms with Crippen molar-refractivity contribution < 1.29 is 19.8 Å². The zero-order valence-corrected chi connectivity index (χ0v) is 10.5. The molecular weight excluding hydrogens is 232 g/mol. The summed E-state index contributed by atoms with van der Waals surface area (Å²) in [7, 11) is 0. The SMILES string of the molecule is C=CCCC=C.O=C(O)C1=CCCCC1C(=O)O. The lowest BCUT2D eigenvalue weighted by molar-refractivity contribution is -0.144. The molecule has 0 amide bonds. The lowest BCUT2D eigenvalue weighted by atomic mass is 9.88. The molecule has 0 radical (unpaired) electrons. The maximum Gasteiger partial charge on any atom is 0.332 e. The Hall–Kier alpha value is -1.84. The average molecular weight is 252 g/mol. The molecule has 0 aromatic heterocycles. The second kappa shape index (κ2) is 9.22. The Morgan fingerprint density at radius 1 is 1.28 bits per heavy atom. The highest BCUT2D eigenvalue weighted by Crippen LogP contribution is 2.24. The van der Waals surface area contributed by atoms with E-state index in [4.69, 9.17) is 10.2 Å². The van der Waals surface area contributed by atoms with E-state index in [0.29, 0.717) is 12.8 Å². The molecule has 1 unspecified atom stereocenters. The number of hydrogen-bond acceptors (Lipinski definition) is 2. The molecule has 4 nitrogen and oxygen atoms in total. The number of allylic oxidation sites excluding steroid dienone is 3. The average Bonchev–Trinajstić information content (AvgIpc) is 2.37. The smallest absolute Gasteiger partial charge is 0.332 e. The number of hydrogen-bond donors (Lipinski definition) is 2. The normalized spacial score (nSPS) is 17.8. The van der Waals surface area contributed by atoms with Crippen LogP contribution in [0, 0.1) is 5.92 Å². The van der Waals surface area contributed by atoms with Crippen LogP contribution in [0.2, 0.25) is 0 Å². The summed E-state index contributed by atoms with van der Waals surface area (Å²) in [6.07, 6.45) is 9.27. The Kier molecular flexibility index (Phi) is 8.27. The minimum atomic E-state index is -1.11. The quantitative estimate of drug-likeness (QED) is 0.582. The molecule has 0 spiro atoms. The van der Waals surface area contributed by atoms with Gasteiger partial charge in [-0.2, -0.15) is 0 Å². The summed E-state index contributed by atoms with van der Waals surface area (Å²) in [6, 6.07) is 0. The van der Waals surface area contributed by atoms with Crippen LogP contribution in [0.3, 0.4) is 0 Å². The van der Waals surface area contributed by atoms with Crippen LogP contribution >= 0.6 is 0 Å². The summed E-state index contributed by atoms with van der Waals surface area (Å²) in [6.45, 7) is 7.10. The minimum absolute atomic E-state index is 0.0359. The highest BCUT2D eigenvalue weighted by molar-refractivity contribution is 5.94. The number of rotatable bonds is 5. The predicted octanol–water partition coefficient (Wildman–Crippen LogP) is 3.02. The molecule has 0 heterocycles. The highest BCUT2D eigenvalue weighted by Gasteiger charge is 2.28. The summed E-state index contributed by atoms with van der Waals surface area (Å²) in [4.78, 5) is 21.1. The number of aliphatic carboxylic acids is 2. The summed E-state index contributed by atoms with van der Waals surface area (Å²) >= 11 is 0. The Bertz CT molecular complexity index is 334. The van der Waals surface area contributed by atoms with Crippen LogP contribution in [0.5, 0.6) is 0 Å². The van der Waals surface area contributed by atoms with Crippen molar-refractivity contribution in [1.82, 2.24) is 0 Å². The van der Waals surface area contributed by atoms with Gasteiger partial charge in [0.1, 0.15) is 0 Å². The summed E-state index contributed by atoms with van der Waals surface area (Å²) in [5.41, 5.74) is 0.0359. The molecule has 1 aliphatic rings. The zero-order chi connectivity index (χ0) is 14.0. The first-order valence-corrected chi connectivity index (χ1v) is 5.92. The number of carbonyl (C=O) groups is 2. The Morgan fingerprint density at radius 3 is 2.17 bits per heavy atom. The molecule has 0 saturated carbocycles. The first-order chi connectivity index (χ1) is 8.54. The van der Waals surface area contributed by atoms with Crippen LogP contribution < -0.4 is 0 Å². The van der Waals surface area contributed by atoms with Crippen molar-refractivity contribution in [3.8, 4) is 0 Å². The van der Waals surface area contributed by atoms with E-state index in [0.717, 1.165) is 19.3 Å². The molecule has 18 heavy (non-hydrogen) atoms. The van der Waals surface area contributed by atoms with Gasteiger partial charge in [0.15, 0.2) is 0 Å². The maximum atomic E-state index is 10.6. The van der Waals surface area contributed by atoms with Crippen molar-refractivity contribution in [3.05, 3.63) is 37.0 Å². The van der Waals surface area contributed by atoms with E-state index < -0.39 is 17.9 Å². The van der Waals surface area contributed by atoms with Crippen LogP contribution in [0.25, 0.3) is 0 Å². The van der Waals surface area contributed by atoms with Gasteiger partial charge in [-0.15, -0.1) is 13.2 Å². The fraction of sp³-hybridized carbons (Fsp3) is 0.429. The van der Waals surface area contributed by atoms with Crippen molar-refractivity contribution >= 4 is 11.9 Å². The third kappa shape index (κ3) is 6.03. The molecule has 0 aromatic rings. The summed E-state index contributed by atoms with van der Waals surface area (Å²) < 4.78 is 0. The van der Waals surface area contributed by atoms with Gasteiger partial charge in [-0.1, -0.05) is 18.2 Å². The molecule has 4 heteroatoms. The largest absolute Gasteiger partial charge is 0.481 e. The molecule has 2 N–H and O–H groups in total. The van der Waals surface area contributed by atoms with E-state index in [1.165, 1.54) is 6.08 Å². The molecule has 100 valence electrons. The minimum Gasteiger partial charge on any atom is -0.481 e. The van der Waals surface area contributed by atoms with E-state index in [9.17, 15) is 9.59 Å². The van der Waals surface area contributed by atoms with Crippen LogP contribution in [0.15, 0.2) is 37.0 Å². The van der Waals surface area contributed by atoms with E-state index in [1.807, 2.05) is 12.2 Å². The van der Waals surface area contributed by atoms with Gasteiger partial charge in [0.2, 0.25) is 0 Å². The fourth-order valence-electron chi connectivity index (χ4n) is 1.61. The lowest BCUT2D eigenvalue weighted by Gasteiger charge is -2.16. The topological polar surface area (TPSA) is 74.6 Å². The first-order valence-electron chi connectivity index (χ1n) is 5.92. The first kappa shape index (κ1) is 16.2. The molecule has 0 aliphatic heterocycles. The molecule has 0 saturated heterocycles. The molecule has 1 atom stereocenters. The number of unbranched alkanes of at least 4 members (excludes halogenated alkanes) is 1. The predicted molar refractivity (Wildman–Crippen MR) is 70.3 cm³/mol. The second-order valence-corrected chi connectivity index (χ2v) is 3.94. The van der Waals surface area contributed by atoms with E-state index in [-0.39, 0.29) is 5.57 Å². The van der Waals surface area contributed by atoms with Crippen molar-refractivity contribution in [2.24, 2.45) is 5.92 Å². The third-order valence-electron chi connectivity index (χ3n) is 2.56. The van der Waals surface area contributed by atoms with Gasteiger partial charge in [-0.25, -0.2) is 4.79 Å². The van der Waals surface area contributed by atoms with Crippen molar-refractivity contribution in [3.63, 3.8) is 0 Å². The molecule has 1 rings (SSSR count). The number of carboxylic acids is 2. The Labute approximate surface area is 107 Å². The molecule has 0 bridgehead atoms. The maximum absolute atomic E-state index is 10.6. The van der Waals surface area contributed by atoms with Crippen LogP contribution in [-0.4, -0.2) is 22.2 Å². The van der Waals surface area contributed by atoms with E-state index in [2.05, 4.69) is 13.2 Å². The van der Waals surface area contributed by atoms with Crippen molar-refractivity contribution in [1.29, 1.82) is 0 Å². The van der Waals surface area contributed by atoms with E-state index in [1.54, 1.807) is 0 Å². The highest BCUT2D eigenvalue weighted by atomic mass is 16.4. The van der Waals surface area contributed by atoms with Crippen LogP contribution in [0.1, 0.15) is 32.1 Å². The van der Waals surface area contributed by atoms with Gasteiger partial charge in [-0.3, -0.25) is 4.79 Å². The number of carboxylic acid groups (broad SMARTS) is 2. The molecular formula is C14H20O4. The second-order valence-electron chi connectivity index (χ2n) is 3.94. The van der Waals surface area contributed by atoms with Gasteiger partial charge in [0.05, 0.1) is 5.92 Å². The van der Waals surface area contributed by atoms with Crippen LogP contribution in [-0.2, 0) is 9.59 Å². The van der Waals surface area contributed by atoms with Crippen molar-refractivity contribution in [2.45, 2.75) is 32.1 Å². The lowest BCUT2D eigenvalue weighted by Crippen LogP contribution is -2.23. The molecule has 0 fully saturated rings. The van der Waals surface area contributed by atoms with Gasteiger partial charge >= 0.3 is 11.9 Å². The van der Waals surface area contributed by atoms with Gasteiger partial charge in [0, 0.05) is 5.57 Å². The zero-order valence-electron chi connectivity index (χ0n) is 10.5. The Morgan fingerprint density at radius 2 is 1.83 bits per heavy atom. The monoisotopic (exact) mass is 252 g/mol. The fourth-order valence-corrected chi connectivity index (χ4v) is 1.61.